The van der Waals surface area contributed by atoms with Gasteiger partial charge in [-0.1, -0.05) is 54.1 Å². The van der Waals surface area contributed by atoms with E-state index in [-0.39, 0.29) is 5.41 Å². The van der Waals surface area contributed by atoms with Crippen LogP contribution in [-0.4, -0.2) is 0 Å². The van der Waals surface area contributed by atoms with Crippen LogP contribution in [0.1, 0.15) is 48.8 Å². The fourth-order valence-corrected chi connectivity index (χ4v) is 9.27. The van der Waals surface area contributed by atoms with E-state index in [1.807, 2.05) is 30.3 Å². The van der Waals surface area contributed by atoms with Crippen molar-refractivity contribution in [2.45, 2.75) is 37.5 Å². The summed E-state index contributed by atoms with van der Waals surface area (Å²) in [5.74, 6) is 3.22. The molecule has 0 saturated heterocycles. The second-order valence-corrected chi connectivity index (χ2v) is 12.3. The molecular formula is C35H29ClN2. The van der Waals surface area contributed by atoms with Gasteiger partial charge in [-0.2, -0.15) is 5.26 Å². The molecule has 0 unspecified atom stereocenters. The molecule has 4 saturated carbocycles. The van der Waals surface area contributed by atoms with E-state index in [9.17, 15) is 5.26 Å². The minimum absolute atomic E-state index is 0.0890. The van der Waals surface area contributed by atoms with E-state index in [1.165, 1.54) is 48.8 Å². The van der Waals surface area contributed by atoms with E-state index in [1.54, 1.807) is 5.56 Å². The number of benzene rings is 4. The molecule has 9 rings (SSSR count). The minimum atomic E-state index is 0.0890. The molecule has 38 heavy (non-hydrogen) atoms. The van der Waals surface area contributed by atoms with E-state index in [4.69, 9.17) is 11.6 Å². The monoisotopic (exact) mass is 512 g/mol. The summed E-state index contributed by atoms with van der Waals surface area (Å²) in [6, 6.07) is 34.4. The summed E-state index contributed by atoms with van der Waals surface area (Å²) in [6.07, 6.45) is 6.88. The van der Waals surface area contributed by atoms with Crippen LogP contribution in [0.4, 0.5) is 17.1 Å². The molecule has 0 amide bonds. The molecule has 2 nitrogen and oxygen atoms in total. The van der Waals surface area contributed by atoms with Gasteiger partial charge >= 0.3 is 0 Å². The summed E-state index contributed by atoms with van der Waals surface area (Å²) < 4.78 is 0. The lowest BCUT2D eigenvalue weighted by Crippen LogP contribution is -2.55. The molecule has 4 aromatic carbocycles. The molecular weight excluding hydrogens is 484 g/mol. The Bertz CT molecular complexity index is 1570. The molecule has 3 heteroatoms. The number of hydrogen-bond acceptors (Lipinski definition) is 2. The predicted octanol–water partition coefficient (Wildman–Crippen LogP) is 9.40. The quantitative estimate of drug-likeness (QED) is 0.273. The Kier molecular flexibility index (Phi) is 4.86. The summed E-state index contributed by atoms with van der Waals surface area (Å²) in [7, 11) is 0. The Hall–Kier alpha value is -3.54. The third kappa shape index (κ3) is 3.00. The average molecular weight is 513 g/mol. The molecule has 4 fully saturated rings. The fourth-order valence-electron chi connectivity index (χ4n) is 9.02. The third-order valence-electron chi connectivity index (χ3n) is 10.1. The number of rotatable bonds is 3. The van der Waals surface area contributed by atoms with Crippen LogP contribution in [0.25, 0.3) is 11.1 Å². The molecule has 0 aromatic heterocycles. The molecule has 0 aliphatic heterocycles. The number of nitriles is 1. The van der Waals surface area contributed by atoms with Crippen LogP contribution in [0, 0.1) is 35.0 Å². The second-order valence-electron chi connectivity index (χ2n) is 11.9. The van der Waals surface area contributed by atoms with Crippen molar-refractivity contribution in [3.05, 3.63) is 113 Å². The van der Waals surface area contributed by atoms with Gasteiger partial charge in [0.1, 0.15) is 0 Å². The summed E-state index contributed by atoms with van der Waals surface area (Å²) in [5, 5.41) is 10.2. The third-order valence-corrected chi connectivity index (χ3v) is 10.4. The SMILES string of the molecule is N#Cc1ccc(N(c2ccccc2)c2cc3c(cc2Cl)-c2ccccc2C32C3CC4CC(C3)CC2C4)cc1. The van der Waals surface area contributed by atoms with Gasteiger partial charge in [0, 0.05) is 16.8 Å². The van der Waals surface area contributed by atoms with Crippen molar-refractivity contribution in [2.24, 2.45) is 23.7 Å². The minimum Gasteiger partial charge on any atom is -0.309 e. The number of fused-ring (bicyclic) bond motifs is 3. The summed E-state index contributed by atoms with van der Waals surface area (Å²) in [6.45, 7) is 0. The Morgan fingerprint density at radius 2 is 1.32 bits per heavy atom. The van der Waals surface area contributed by atoms with Crippen molar-refractivity contribution < 1.29 is 0 Å². The molecule has 0 N–H and O–H groups in total. The topological polar surface area (TPSA) is 27.0 Å². The first kappa shape index (κ1) is 22.4. The zero-order chi connectivity index (χ0) is 25.4. The largest absolute Gasteiger partial charge is 0.309 e. The maximum absolute atomic E-state index is 9.39. The van der Waals surface area contributed by atoms with E-state index in [0.29, 0.717) is 17.4 Å². The van der Waals surface area contributed by atoms with Gasteiger partial charge in [0.15, 0.2) is 0 Å². The van der Waals surface area contributed by atoms with Gasteiger partial charge in [0.25, 0.3) is 0 Å². The fraction of sp³-hybridized carbons (Fsp3) is 0.286. The summed E-state index contributed by atoms with van der Waals surface area (Å²) >= 11 is 7.21. The maximum atomic E-state index is 9.39. The van der Waals surface area contributed by atoms with Crippen LogP contribution >= 0.6 is 11.6 Å². The molecule has 5 aliphatic rings. The molecule has 1 spiro atoms. The summed E-state index contributed by atoms with van der Waals surface area (Å²) in [4.78, 5) is 2.26. The van der Waals surface area contributed by atoms with Crippen LogP contribution in [0.15, 0.2) is 91.0 Å². The first-order valence-electron chi connectivity index (χ1n) is 14.0. The van der Waals surface area contributed by atoms with Crippen LogP contribution in [-0.2, 0) is 5.41 Å². The van der Waals surface area contributed by atoms with Crippen molar-refractivity contribution in [3.8, 4) is 17.2 Å². The van der Waals surface area contributed by atoms with Crippen molar-refractivity contribution in [1.29, 1.82) is 5.26 Å². The van der Waals surface area contributed by atoms with E-state index < -0.39 is 0 Å². The lowest BCUT2D eigenvalue weighted by molar-refractivity contribution is -0.0399. The second kappa shape index (κ2) is 8.23. The highest BCUT2D eigenvalue weighted by Crippen LogP contribution is 2.69. The number of para-hydroxylation sites is 1. The average Bonchev–Trinajstić information content (AvgIpc) is 3.22. The zero-order valence-electron chi connectivity index (χ0n) is 21.3. The lowest BCUT2D eigenvalue weighted by Gasteiger charge is -2.61. The molecule has 4 bridgehead atoms. The first-order chi connectivity index (χ1) is 18.7. The number of nitrogens with zero attached hydrogens (tertiary/aromatic N) is 2. The van der Waals surface area contributed by atoms with E-state index in [0.717, 1.165) is 33.9 Å². The number of halogens is 1. The molecule has 4 aromatic rings. The highest BCUT2D eigenvalue weighted by Gasteiger charge is 2.61. The smallest absolute Gasteiger partial charge is 0.0991 e. The van der Waals surface area contributed by atoms with Gasteiger partial charge in [0.2, 0.25) is 0 Å². The number of anilines is 3. The molecule has 0 radical (unpaired) electrons. The van der Waals surface area contributed by atoms with Crippen LogP contribution in [0.5, 0.6) is 0 Å². The van der Waals surface area contributed by atoms with Crippen LogP contribution in [0.2, 0.25) is 5.02 Å². The zero-order valence-corrected chi connectivity index (χ0v) is 22.0. The molecule has 186 valence electrons. The van der Waals surface area contributed by atoms with Gasteiger partial charge in [-0.25, -0.2) is 0 Å². The van der Waals surface area contributed by atoms with Crippen molar-refractivity contribution in [3.63, 3.8) is 0 Å². The summed E-state index contributed by atoms with van der Waals surface area (Å²) in [5.41, 5.74) is 9.57. The van der Waals surface area contributed by atoms with E-state index >= 15 is 0 Å². The Morgan fingerprint density at radius 3 is 2.00 bits per heavy atom. The van der Waals surface area contributed by atoms with Crippen LogP contribution in [0.3, 0.4) is 0 Å². The highest BCUT2D eigenvalue weighted by atomic mass is 35.5. The molecule has 5 aliphatic carbocycles. The van der Waals surface area contributed by atoms with Crippen molar-refractivity contribution >= 4 is 28.7 Å². The normalized spacial score (nSPS) is 27.7. The van der Waals surface area contributed by atoms with Gasteiger partial charge in [-0.05, 0) is 127 Å². The molecule has 0 heterocycles. The Labute approximate surface area is 229 Å². The van der Waals surface area contributed by atoms with Crippen molar-refractivity contribution in [2.75, 3.05) is 4.90 Å². The van der Waals surface area contributed by atoms with Gasteiger partial charge < -0.3 is 4.90 Å². The number of hydrogen-bond donors (Lipinski definition) is 0. The Morgan fingerprint density at radius 1 is 0.684 bits per heavy atom. The van der Waals surface area contributed by atoms with Crippen LogP contribution < -0.4 is 4.90 Å². The van der Waals surface area contributed by atoms with Gasteiger partial charge in [-0.15, -0.1) is 0 Å². The first-order valence-corrected chi connectivity index (χ1v) is 14.3. The van der Waals surface area contributed by atoms with Crippen molar-refractivity contribution in [1.82, 2.24) is 0 Å². The van der Waals surface area contributed by atoms with E-state index in [2.05, 4.69) is 71.6 Å². The lowest BCUT2D eigenvalue weighted by atomic mass is 9.43. The standard InChI is InChI=1S/C35H29ClN2/c36-33-19-30-29-8-4-5-9-31(29)35(25-15-23-14-24(17-25)18-26(35)16-23)32(30)20-34(33)38(27-6-2-1-3-7-27)28-12-10-22(21-37)11-13-28/h1-13,19-20,23-26H,14-18H2. The maximum Gasteiger partial charge on any atom is 0.0991 e. The van der Waals surface area contributed by atoms with Gasteiger partial charge in [-0.3, -0.25) is 0 Å². The molecule has 0 atom stereocenters. The predicted molar refractivity (Wildman–Crippen MR) is 154 cm³/mol. The Balaban J connectivity index is 1.37. The highest BCUT2D eigenvalue weighted by molar-refractivity contribution is 6.34. The van der Waals surface area contributed by atoms with Gasteiger partial charge in [0.05, 0.1) is 22.3 Å².